The van der Waals surface area contributed by atoms with Crippen molar-refractivity contribution in [2.75, 3.05) is 26.2 Å². The fourth-order valence-corrected chi connectivity index (χ4v) is 4.01. The molecule has 1 unspecified atom stereocenters. The Kier molecular flexibility index (Phi) is 8.60. The summed E-state index contributed by atoms with van der Waals surface area (Å²) < 4.78 is 32.5. The molecule has 0 aliphatic carbocycles. The first-order chi connectivity index (χ1) is 12.3. The standard InChI is InChI=1S/C16H23N3O6S.ClH/c1-3-25-16(20)14-7-13(8-15(11(14)2)19(21)22)26(23,24)18-10-12-5-4-6-17-9-12;/h7-8,12,17-18H,3-6,9-10H2,1-2H3;1H. The van der Waals surface area contributed by atoms with Gasteiger partial charge in [0.05, 0.1) is 22.0 Å². The maximum atomic E-state index is 12.6. The number of ether oxygens (including phenoxy) is 1. The number of halogens is 1. The Morgan fingerprint density at radius 2 is 2.15 bits per heavy atom. The number of carbonyl (C=O) groups excluding carboxylic acids is 1. The molecule has 0 aromatic heterocycles. The summed E-state index contributed by atoms with van der Waals surface area (Å²) in [4.78, 5) is 22.3. The molecule has 1 aliphatic heterocycles. The Morgan fingerprint density at radius 3 is 2.70 bits per heavy atom. The number of benzene rings is 1. The molecule has 0 spiro atoms. The van der Waals surface area contributed by atoms with Crippen LogP contribution >= 0.6 is 12.4 Å². The fourth-order valence-electron chi connectivity index (χ4n) is 2.85. The van der Waals surface area contributed by atoms with Crippen molar-refractivity contribution in [3.8, 4) is 0 Å². The lowest BCUT2D eigenvalue weighted by molar-refractivity contribution is -0.385. The maximum Gasteiger partial charge on any atom is 0.338 e. The summed E-state index contributed by atoms with van der Waals surface area (Å²) in [5.41, 5.74) is -0.486. The first-order valence-electron chi connectivity index (χ1n) is 8.42. The minimum Gasteiger partial charge on any atom is -0.462 e. The van der Waals surface area contributed by atoms with Crippen molar-refractivity contribution in [3.63, 3.8) is 0 Å². The predicted octanol–water partition coefficient (Wildman–Crippen LogP) is 1.78. The van der Waals surface area contributed by atoms with Gasteiger partial charge in [-0.1, -0.05) is 0 Å². The van der Waals surface area contributed by atoms with E-state index in [2.05, 4.69) is 10.0 Å². The highest BCUT2D eigenvalue weighted by molar-refractivity contribution is 7.89. The van der Waals surface area contributed by atoms with Crippen LogP contribution in [0.4, 0.5) is 5.69 Å². The number of esters is 1. The van der Waals surface area contributed by atoms with Gasteiger partial charge in [-0.2, -0.15) is 0 Å². The van der Waals surface area contributed by atoms with E-state index in [9.17, 15) is 23.3 Å². The van der Waals surface area contributed by atoms with Crippen molar-refractivity contribution in [1.82, 2.24) is 10.0 Å². The lowest BCUT2D eigenvalue weighted by Gasteiger charge is -2.22. The molecule has 1 atom stereocenters. The van der Waals surface area contributed by atoms with Gasteiger partial charge in [0.1, 0.15) is 0 Å². The van der Waals surface area contributed by atoms with E-state index in [0.29, 0.717) is 6.54 Å². The fraction of sp³-hybridized carbons (Fsp3) is 0.562. The zero-order valence-corrected chi connectivity index (χ0v) is 16.8. The number of rotatable bonds is 7. The Morgan fingerprint density at radius 1 is 1.44 bits per heavy atom. The molecule has 2 N–H and O–H groups in total. The lowest BCUT2D eigenvalue weighted by atomic mass is 10.0. The largest absolute Gasteiger partial charge is 0.462 e. The second kappa shape index (κ2) is 9.98. The minimum atomic E-state index is -3.99. The highest BCUT2D eigenvalue weighted by Gasteiger charge is 2.27. The zero-order valence-electron chi connectivity index (χ0n) is 15.2. The molecular formula is C16H24ClN3O6S. The molecule has 1 saturated heterocycles. The van der Waals surface area contributed by atoms with Crippen molar-refractivity contribution in [2.24, 2.45) is 5.92 Å². The number of piperidine rings is 1. The normalized spacial score (nSPS) is 17.0. The summed E-state index contributed by atoms with van der Waals surface area (Å²) in [5, 5.41) is 14.5. The molecule has 1 fully saturated rings. The molecule has 2 rings (SSSR count). The average Bonchev–Trinajstić information content (AvgIpc) is 2.61. The summed E-state index contributed by atoms with van der Waals surface area (Å²) in [5.74, 6) is -0.634. The van der Waals surface area contributed by atoms with E-state index in [1.807, 2.05) is 0 Å². The predicted molar refractivity (Wildman–Crippen MR) is 102 cm³/mol. The average molecular weight is 422 g/mol. The first-order valence-corrected chi connectivity index (χ1v) is 9.91. The van der Waals surface area contributed by atoms with Gasteiger partial charge >= 0.3 is 5.97 Å². The molecule has 0 bridgehead atoms. The first kappa shape index (κ1) is 23.3. The van der Waals surface area contributed by atoms with Crippen LogP contribution in [0, 0.1) is 23.0 Å². The van der Waals surface area contributed by atoms with Crippen molar-refractivity contribution >= 4 is 34.1 Å². The Labute approximate surface area is 164 Å². The summed E-state index contributed by atoms with van der Waals surface area (Å²) >= 11 is 0. The zero-order chi connectivity index (χ0) is 19.3. The molecule has 1 aliphatic rings. The monoisotopic (exact) mass is 421 g/mol. The molecule has 1 aromatic rings. The van der Waals surface area contributed by atoms with Crippen LogP contribution in [0.5, 0.6) is 0 Å². The molecule has 9 nitrogen and oxygen atoms in total. The number of nitro benzene ring substituents is 1. The Bertz CT molecular complexity index is 794. The van der Waals surface area contributed by atoms with Crippen molar-refractivity contribution in [2.45, 2.75) is 31.6 Å². The van der Waals surface area contributed by atoms with Crippen LogP contribution in [0.3, 0.4) is 0 Å². The molecular weight excluding hydrogens is 398 g/mol. The number of carbonyl (C=O) groups is 1. The Hall–Kier alpha value is -1.75. The molecule has 11 heteroatoms. The van der Waals surface area contributed by atoms with E-state index < -0.39 is 26.6 Å². The minimum absolute atomic E-state index is 0. The summed E-state index contributed by atoms with van der Waals surface area (Å²) in [6.07, 6.45) is 1.87. The van der Waals surface area contributed by atoms with Gasteiger partial charge in [-0.15, -0.1) is 12.4 Å². The molecule has 152 valence electrons. The summed E-state index contributed by atoms with van der Waals surface area (Å²) in [6.45, 7) is 4.92. The summed E-state index contributed by atoms with van der Waals surface area (Å²) in [6, 6.07) is 2.10. The highest BCUT2D eigenvalue weighted by atomic mass is 35.5. The maximum absolute atomic E-state index is 12.6. The van der Waals surface area contributed by atoms with Crippen molar-refractivity contribution < 1.29 is 22.9 Å². The topological polar surface area (TPSA) is 128 Å². The highest BCUT2D eigenvalue weighted by Crippen LogP contribution is 2.27. The third-order valence-corrected chi connectivity index (χ3v) is 5.72. The van der Waals surface area contributed by atoms with Gasteiger partial charge in [-0.05, 0) is 51.8 Å². The number of nitrogens with zero attached hydrogens (tertiary/aromatic N) is 1. The molecule has 27 heavy (non-hydrogen) atoms. The third kappa shape index (κ3) is 5.86. The van der Waals surface area contributed by atoms with Gasteiger partial charge in [-0.3, -0.25) is 10.1 Å². The third-order valence-electron chi connectivity index (χ3n) is 4.32. The summed E-state index contributed by atoms with van der Waals surface area (Å²) in [7, 11) is -3.99. The molecule has 0 radical (unpaired) electrons. The van der Waals surface area contributed by atoms with Crippen molar-refractivity contribution in [1.29, 1.82) is 0 Å². The number of hydrogen-bond donors (Lipinski definition) is 2. The van der Waals surface area contributed by atoms with Crippen LogP contribution in [0.1, 0.15) is 35.7 Å². The molecule has 0 saturated carbocycles. The van der Waals surface area contributed by atoms with Crippen LogP contribution in [0.25, 0.3) is 0 Å². The van der Waals surface area contributed by atoms with Gasteiger partial charge in [0.2, 0.25) is 10.0 Å². The quantitative estimate of drug-likeness (QED) is 0.390. The number of hydrogen-bond acceptors (Lipinski definition) is 7. The van der Waals surface area contributed by atoms with Gasteiger partial charge in [-0.25, -0.2) is 17.9 Å². The van der Waals surface area contributed by atoms with E-state index in [-0.39, 0.29) is 47.5 Å². The van der Waals surface area contributed by atoms with E-state index in [1.54, 1.807) is 6.92 Å². The van der Waals surface area contributed by atoms with E-state index in [1.165, 1.54) is 6.92 Å². The van der Waals surface area contributed by atoms with Crippen LogP contribution < -0.4 is 10.0 Å². The second-order valence-electron chi connectivity index (χ2n) is 6.16. The van der Waals surface area contributed by atoms with Crippen LogP contribution in [-0.4, -0.2) is 45.6 Å². The SMILES string of the molecule is CCOC(=O)c1cc(S(=O)(=O)NCC2CCCNC2)cc([N+](=O)[O-])c1C.Cl. The van der Waals surface area contributed by atoms with Crippen molar-refractivity contribution in [3.05, 3.63) is 33.4 Å². The van der Waals surface area contributed by atoms with E-state index >= 15 is 0 Å². The molecule has 0 amide bonds. The lowest BCUT2D eigenvalue weighted by Crippen LogP contribution is -2.38. The van der Waals surface area contributed by atoms with Crippen LogP contribution in [0.2, 0.25) is 0 Å². The van der Waals surface area contributed by atoms with E-state index in [0.717, 1.165) is 31.5 Å². The molecule has 1 heterocycles. The van der Waals surface area contributed by atoms with Gasteiger partial charge < -0.3 is 10.1 Å². The number of sulfonamides is 1. The van der Waals surface area contributed by atoms with Gasteiger partial charge in [0.25, 0.3) is 5.69 Å². The van der Waals surface area contributed by atoms with Gasteiger partial charge in [0.15, 0.2) is 0 Å². The van der Waals surface area contributed by atoms with Gasteiger partial charge in [0, 0.05) is 18.2 Å². The molecule has 1 aromatic carbocycles. The smallest absolute Gasteiger partial charge is 0.338 e. The Balaban J connectivity index is 0.00000364. The van der Waals surface area contributed by atoms with Crippen LogP contribution in [-0.2, 0) is 14.8 Å². The van der Waals surface area contributed by atoms with E-state index in [4.69, 9.17) is 4.74 Å². The van der Waals surface area contributed by atoms with Crippen LogP contribution in [0.15, 0.2) is 17.0 Å². The second-order valence-corrected chi connectivity index (χ2v) is 7.92. The number of nitrogens with one attached hydrogen (secondary N) is 2. The number of nitro groups is 1.